The van der Waals surface area contributed by atoms with Gasteiger partial charge in [0.1, 0.15) is 65.5 Å². The monoisotopic (exact) mass is 1990 g/mol. The highest BCUT2D eigenvalue weighted by Crippen LogP contribution is 2.42. The Kier molecular flexibility index (Phi) is 40.8. The highest BCUT2D eigenvalue weighted by molar-refractivity contribution is 6.26. The van der Waals surface area contributed by atoms with Crippen LogP contribution in [0.15, 0.2) is 134 Å². The number of aromatic nitrogens is 4. The zero-order valence-electron chi connectivity index (χ0n) is 78.9. The summed E-state index contributed by atoms with van der Waals surface area (Å²) in [6.07, 6.45) is 4.30. The van der Waals surface area contributed by atoms with Crippen LogP contribution in [0.1, 0.15) is 192 Å². The number of alkyl halides is 3. The third-order valence-corrected chi connectivity index (χ3v) is 23.0. The molecule has 6 aliphatic heterocycles. The van der Waals surface area contributed by atoms with Gasteiger partial charge in [0.05, 0.1) is 135 Å². The summed E-state index contributed by atoms with van der Waals surface area (Å²) in [6, 6.07) is 31.5. The van der Waals surface area contributed by atoms with Gasteiger partial charge in [-0.2, -0.15) is 18.2 Å². The molecule has 41 nitrogen and oxygen atoms in total. The minimum Gasteiger partial charge on any atom is -0.496 e. The van der Waals surface area contributed by atoms with Gasteiger partial charge in [-0.25, -0.2) is 24.5 Å². The molecule has 44 heteroatoms. The van der Waals surface area contributed by atoms with Crippen LogP contribution in [0.4, 0.5) is 59.2 Å². The van der Waals surface area contributed by atoms with Crippen LogP contribution in [0.25, 0.3) is 0 Å². The Morgan fingerprint density at radius 2 is 0.867 bits per heavy atom. The van der Waals surface area contributed by atoms with Crippen molar-refractivity contribution in [1.29, 1.82) is 0 Å². The molecule has 8 aromatic rings. The van der Waals surface area contributed by atoms with Gasteiger partial charge in [-0.05, 0) is 137 Å². The van der Waals surface area contributed by atoms with E-state index in [0.717, 1.165) is 33.2 Å². The molecule has 143 heavy (non-hydrogen) atoms. The number of carboxylic acid groups (broad SMARTS) is 2. The summed E-state index contributed by atoms with van der Waals surface area (Å²) in [4.78, 5) is 211. The van der Waals surface area contributed by atoms with E-state index in [1.54, 1.807) is 81.0 Å². The van der Waals surface area contributed by atoms with E-state index in [-0.39, 0.29) is 134 Å². The number of piperidine rings is 2. The molecule has 762 valence electrons. The average molecular weight is 1990 g/mol. The first kappa shape index (κ1) is 110. The van der Waals surface area contributed by atoms with Gasteiger partial charge < -0.3 is 88.2 Å². The Morgan fingerprint density at radius 1 is 0.455 bits per heavy atom. The summed E-state index contributed by atoms with van der Waals surface area (Å²) < 4.78 is 87.1. The Bertz CT molecular complexity index is 5990. The van der Waals surface area contributed by atoms with E-state index in [0.29, 0.717) is 200 Å². The maximum absolute atomic E-state index is 13.2. The van der Waals surface area contributed by atoms with Crippen LogP contribution in [-0.2, 0) is 68.4 Å². The standard InChI is InChI=1S/C49H54N6O12.C26H35N3O9.C21H19N5O4.C2HF3O2.CH4/c1-53-36-14-5-4-12-34(36)47(60)54(2)38-29-50-42(51-45(38)53)28-32-18-17-31(27-41(32)63-3)39(57)15-7-9-22-65-24-26-66-25-23-64-21-8-6-11-33(56)30-67-40-16-10-13-35-44(40)49(62)55(48(35)61)37-19-20-43(58)52-46(37)59;27-10-4-12-36-14-16-37-15-13-35-11-2-1-5-18(30)17-38-21-7-3-6-19-23(21)26(34)29(25(19)33)20-8-9-22(31)28-24(20)32;1-25-15-7-5-4-6-13(15)19(27)26(2)16-11-22-21(24-18(16)25)23-14-9-8-12(20(28)29)10-17(14)30-3;3-2(4,5)1(6)7;/h4-5,10,12-14,16-18,27,29,37H,6-9,11,15,19-26,28,30H2,1-3H3,(H,52,58,59);3,6-7,20H,1-2,4-5,8-17,27H2,(H,28,31,32);4-11H,1-3H3,(H,28,29)(H,22,23,24);(H,6,7);1H4. The number of nitrogens with two attached hydrogens (primary N) is 1. The number of anilines is 8. The summed E-state index contributed by atoms with van der Waals surface area (Å²) in [5, 5.41) is 23.7. The molecule has 2 atom stereocenters. The number of unbranched alkanes of at least 4 members (excludes halogenated alkanes) is 3. The zero-order valence-corrected chi connectivity index (χ0v) is 78.9. The maximum Gasteiger partial charge on any atom is 0.490 e. The van der Waals surface area contributed by atoms with Crippen molar-refractivity contribution in [1.82, 2.24) is 40.4 Å². The van der Waals surface area contributed by atoms with E-state index in [4.69, 9.17) is 73.1 Å². The summed E-state index contributed by atoms with van der Waals surface area (Å²) in [6.45, 7) is 5.71. The number of carbonyl (C=O) groups excluding carboxylic acids is 13. The molecule has 14 rings (SSSR count). The van der Waals surface area contributed by atoms with Crippen molar-refractivity contribution in [2.45, 2.75) is 122 Å². The highest BCUT2D eigenvalue weighted by Gasteiger charge is 2.48. The fraction of sp³-hybridized carbons (Fsp3) is 0.404. The minimum atomic E-state index is -5.08. The molecule has 2 fully saturated rings. The van der Waals surface area contributed by atoms with E-state index >= 15 is 0 Å². The Morgan fingerprint density at radius 3 is 1.31 bits per heavy atom. The van der Waals surface area contributed by atoms with Crippen LogP contribution >= 0.6 is 0 Å². The van der Waals surface area contributed by atoms with E-state index < -0.39 is 77.5 Å². The number of benzene rings is 6. The summed E-state index contributed by atoms with van der Waals surface area (Å²) in [7, 11) is 10.1. The van der Waals surface area contributed by atoms with Crippen molar-refractivity contribution in [2.75, 3.05) is 166 Å². The lowest BCUT2D eigenvalue weighted by Gasteiger charge is -2.27. The predicted octanol–water partition coefficient (Wildman–Crippen LogP) is 10.2. The van der Waals surface area contributed by atoms with Crippen molar-refractivity contribution < 1.29 is 143 Å². The largest absolute Gasteiger partial charge is 0.496 e. The molecular formula is C99H113F3N14O27. The lowest BCUT2D eigenvalue weighted by molar-refractivity contribution is -0.192. The van der Waals surface area contributed by atoms with Crippen molar-refractivity contribution >= 4 is 134 Å². The number of para-hydroxylation sites is 2. The molecule has 0 aliphatic carbocycles. The normalized spacial score (nSPS) is 15.0. The number of hydrogen-bond acceptors (Lipinski definition) is 33. The van der Waals surface area contributed by atoms with Crippen LogP contribution in [-0.4, -0.2) is 288 Å². The number of methoxy groups -OCH3 is 2. The third kappa shape index (κ3) is 28.9. The Balaban J connectivity index is 0.000000232. The molecule has 6 aliphatic rings. The van der Waals surface area contributed by atoms with Gasteiger partial charge >= 0.3 is 18.1 Å². The quantitative estimate of drug-likeness (QED) is 0.0117. The van der Waals surface area contributed by atoms with E-state index in [2.05, 4.69) is 30.9 Å². The number of rotatable bonds is 46. The number of hydrogen-bond donors (Lipinski definition) is 6. The molecule has 10 amide bonds. The molecular weight excluding hydrogens is 1870 g/mol. The molecule has 2 saturated heterocycles. The fourth-order valence-electron chi connectivity index (χ4n) is 15.5. The minimum absolute atomic E-state index is 0. The molecule has 7 N–H and O–H groups in total. The molecule has 0 bridgehead atoms. The molecule has 2 unspecified atom stereocenters. The number of nitrogens with one attached hydrogen (secondary N) is 3. The first-order valence-corrected chi connectivity index (χ1v) is 45.5. The molecule has 0 saturated carbocycles. The number of halogens is 3. The number of imide groups is 4. The molecule has 6 aromatic carbocycles. The first-order chi connectivity index (χ1) is 68.2. The number of aliphatic carboxylic acids is 1. The van der Waals surface area contributed by atoms with Gasteiger partial charge in [0.15, 0.2) is 29.0 Å². The second-order valence-corrected chi connectivity index (χ2v) is 32.6. The van der Waals surface area contributed by atoms with Gasteiger partial charge in [-0.15, -0.1) is 0 Å². The number of fused-ring (bicyclic) bond motifs is 6. The highest BCUT2D eigenvalue weighted by atomic mass is 19.4. The number of aromatic carboxylic acids is 1. The Labute approximate surface area is 820 Å². The summed E-state index contributed by atoms with van der Waals surface area (Å²) in [5.74, 6) is -6.25. The number of amides is 10. The van der Waals surface area contributed by atoms with Gasteiger partial charge in [0.25, 0.3) is 35.4 Å². The second kappa shape index (κ2) is 53.1. The van der Waals surface area contributed by atoms with E-state index in [1.807, 2.05) is 66.4 Å². The number of ketones is 3. The van der Waals surface area contributed by atoms with Gasteiger partial charge in [-0.3, -0.25) is 82.8 Å². The molecule has 2 aromatic heterocycles. The SMILES string of the molecule is C.COc1cc(C(=O)CCCCOCCOCCOCCCCC(=O)COc2cccc3c2C(=O)N(C2CCC(=O)NC2=O)C3=O)ccc1Cc1ncc2c(n1)N(C)c1ccccc1C(=O)N2C.COc1cc(C(=O)O)ccc1Nc1ncc2c(n1)N(C)c1ccccc1C(=O)N2C.NCCCOCCOCCOCCCCC(=O)COc1cccc2c1C(=O)N(C1CCC(=O)NC1=O)C2=O.O=C(O)C(F)(F)F. The van der Waals surface area contributed by atoms with Gasteiger partial charge in [-0.1, -0.05) is 56.0 Å². The van der Waals surface area contributed by atoms with Gasteiger partial charge in [0.2, 0.25) is 29.6 Å². The first-order valence-electron chi connectivity index (χ1n) is 45.5. The van der Waals surface area contributed by atoms with Crippen LogP contribution in [0, 0.1) is 0 Å². The van der Waals surface area contributed by atoms with E-state index in [1.165, 1.54) is 48.4 Å². The lowest BCUT2D eigenvalue weighted by atomic mass is 10.0. The molecule has 0 radical (unpaired) electrons. The van der Waals surface area contributed by atoms with Crippen molar-refractivity contribution in [3.8, 4) is 23.0 Å². The number of Topliss-reactive ketones (excluding diaryl/α,β-unsaturated/α-hetero) is 3. The fourth-order valence-corrected chi connectivity index (χ4v) is 15.5. The van der Waals surface area contributed by atoms with E-state index in [9.17, 15) is 80.3 Å². The van der Waals surface area contributed by atoms with Crippen molar-refractivity contribution in [3.63, 3.8) is 0 Å². The molecule has 8 heterocycles. The van der Waals surface area contributed by atoms with Crippen LogP contribution in [0.2, 0.25) is 0 Å². The van der Waals surface area contributed by atoms with Crippen molar-refractivity contribution in [3.05, 3.63) is 190 Å². The third-order valence-electron chi connectivity index (χ3n) is 23.0. The molecule has 0 spiro atoms. The number of carboxylic acids is 2. The smallest absolute Gasteiger partial charge is 0.490 e. The number of nitrogens with zero attached hydrogens (tertiary/aromatic N) is 10. The van der Waals surface area contributed by atoms with Crippen molar-refractivity contribution in [2.24, 2.45) is 5.73 Å². The Hall–Kier alpha value is -15.0. The summed E-state index contributed by atoms with van der Waals surface area (Å²) in [5.41, 5.74) is 11.4. The zero-order chi connectivity index (χ0) is 102. The van der Waals surface area contributed by atoms with Gasteiger partial charge in [0, 0.05) is 104 Å². The maximum atomic E-state index is 13.2. The topological polar surface area (TPSA) is 522 Å². The summed E-state index contributed by atoms with van der Waals surface area (Å²) >= 11 is 0. The van der Waals surface area contributed by atoms with Crippen LogP contribution in [0.5, 0.6) is 23.0 Å². The number of ether oxygens (including phenoxy) is 10. The number of carbonyl (C=O) groups is 15. The second-order valence-electron chi connectivity index (χ2n) is 32.6. The average Bonchev–Trinajstić information content (AvgIpc) is 1.61. The van der Waals surface area contributed by atoms with Crippen LogP contribution in [0.3, 0.4) is 0 Å². The lowest BCUT2D eigenvalue weighted by Crippen LogP contribution is -2.54. The predicted molar refractivity (Wildman–Crippen MR) is 510 cm³/mol. The van der Waals surface area contributed by atoms with Crippen LogP contribution < -0.4 is 60.2 Å².